The summed E-state index contributed by atoms with van der Waals surface area (Å²) in [4.78, 5) is 8.31. The number of nitrogens with zero attached hydrogens (tertiary/aromatic N) is 3. The third-order valence-electron chi connectivity index (χ3n) is 1.87. The van der Waals surface area contributed by atoms with Crippen molar-refractivity contribution in [2.75, 3.05) is 6.54 Å². The van der Waals surface area contributed by atoms with Crippen molar-refractivity contribution >= 4 is 0 Å². The SMILES string of the molecule is c1cnc(C2CCC[N]2)nc1. The molecule has 0 N–H and O–H groups in total. The van der Waals surface area contributed by atoms with E-state index in [2.05, 4.69) is 15.3 Å². The van der Waals surface area contributed by atoms with Gasteiger partial charge in [0.1, 0.15) is 5.82 Å². The fourth-order valence-corrected chi connectivity index (χ4v) is 1.32. The molecule has 1 atom stereocenters. The topological polar surface area (TPSA) is 39.9 Å². The van der Waals surface area contributed by atoms with E-state index in [1.54, 1.807) is 12.4 Å². The molecule has 1 aliphatic heterocycles. The van der Waals surface area contributed by atoms with E-state index >= 15 is 0 Å². The van der Waals surface area contributed by atoms with Crippen molar-refractivity contribution < 1.29 is 0 Å². The number of aromatic nitrogens is 2. The smallest absolute Gasteiger partial charge is 0.146 e. The summed E-state index contributed by atoms with van der Waals surface area (Å²) in [5.41, 5.74) is 0. The molecule has 0 aliphatic carbocycles. The van der Waals surface area contributed by atoms with Crippen LogP contribution in [0.5, 0.6) is 0 Å². The van der Waals surface area contributed by atoms with E-state index in [1.165, 1.54) is 6.42 Å². The summed E-state index contributed by atoms with van der Waals surface area (Å²) < 4.78 is 0. The predicted octanol–water partition coefficient (Wildman–Crippen LogP) is 0.916. The van der Waals surface area contributed by atoms with Crippen LogP contribution in [0, 0.1) is 0 Å². The van der Waals surface area contributed by atoms with Gasteiger partial charge in [0.15, 0.2) is 0 Å². The zero-order valence-electron chi connectivity index (χ0n) is 6.27. The van der Waals surface area contributed by atoms with E-state index in [0.29, 0.717) is 0 Å². The van der Waals surface area contributed by atoms with E-state index in [4.69, 9.17) is 0 Å². The van der Waals surface area contributed by atoms with Crippen molar-refractivity contribution in [1.29, 1.82) is 0 Å². The van der Waals surface area contributed by atoms with Crippen LogP contribution in [0.25, 0.3) is 0 Å². The Morgan fingerprint density at radius 3 is 2.73 bits per heavy atom. The standard InChI is InChI=1S/C8H10N3/c1-3-7(9-4-1)8-10-5-2-6-11-8/h2,5-7H,1,3-4H2. The Morgan fingerprint density at radius 1 is 1.27 bits per heavy atom. The van der Waals surface area contributed by atoms with Gasteiger partial charge in [-0.15, -0.1) is 0 Å². The molecule has 2 rings (SSSR count). The first-order chi connectivity index (χ1) is 5.47. The lowest BCUT2D eigenvalue weighted by molar-refractivity contribution is 0.594. The Hall–Kier alpha value is -0.960. The van der Waals surface area contributed by atoms with Crippen LogP contribution in [-0.4, -0.2) is 16.5 Å². The van der Waals surface area contributed by atoms with Crippen LogP contribution in [0.15, 0.2) is 18.5 Å². The van der Waals surface area contributed by atoms with Crippen molar-refractivity contribution in [2.24, 2.45) is 0 Å². The molecular weight excluding hydrogens is 138 g/mol. The monoisotopic (exact) mass is 148 g/mol. The van der Waals surface area contributed by atoms with Crippen LogP contribution >= 0.6 is 0 Å². The van der Waals surface area contributed by atoms with Gasteiger partial charge in [0.05, 0.1) is 6.04 Å². The van der Waals surface area contributed by atoms with Gasteiger partial charge >= 0.3 is 0 Å². The molecule has 57 valence electrons. The summed E-state index contributed by atoms with van der Waals surface area (Å²) in [6.07, 6.45) is 5.85. The van der Waals surface area contributed by atoms with Gasteiger partial charge in [-0.3, -0.25) is 0 Å². The summed E-state index contributed by atoms with van der Waals surface area (Å²) in [5.74, 6) is 0.880. The fourth-order valence-electron chi connectivity index (χ4n) is 1.32. The van der Waals surface area contributed by atoms with Crippen molar-refractivity contribution in [1.82, 2.24) is 15.3 Å². The molecule has 1 fully saturated rings. The fraction of sp³-hybridized carbons (Fsp3) is 0.500. The van der Waals surface area contributed by atoms with Gasteiger partial charge in [0, 0.05) is 18.9 Å². The van der Waals surface area contributed by atoms with Gasteiger partial charge < -0.3 is 0 Å². The Morgan fingerprint density at radius 2 is 2.09 bits per heavy atom. The van der Waals surface area contributed by atoms with Crippen LogP contribution in [-0.2, 0) is 0 Å². The average Bonchev–Trinajstić information content (AvgIpc) is 2.58. The van der Waals surface area contributed by atoms with Gasteiger partial charge in [0.2, 0.25) is 0 Å². The normalized spacial score (nSPS) is 23.8. The lowest BCUT2D eigenvalue weighted by Crippen LogP contribution is -2.08. The number of hydrogen-bond donors (Lipinski definition) is 0. The third kappa shape index (κ3) is 1.38. The second-order valence-electron chi connectivity index (χ2n) is 2.67. The molecule has 0 saturated carbocycles. The molecule has 1 aliphatic rings. The molecular formula is C8H10N3. The minimum absolute atomic E-state index is 0.274. The summed E-state index contributed by atoms with van der Waals surface area (Å²) in [7, 11) is 0. The zero-order chi connectivity index (χ0) is 7.52. The summed E-state index contributed by atoms with van der Waals surface area (Å²) >= 11 is 0. The van der Waals surface area contributed by atoms with Gasteiger partial charge in [-0.05, 0) is 18.9 Å². The number of hydrogen-bond acceptors (Lipinski definition) is 2. The molecule has 1 aromatic heterocycles. The van der Waals surface area contributed by atoms with Gasteiger partial charge in [0.25, 0.3) is 0 Å². The number of rotatable bonds is 1. The van der Waals surface area contributed by atoms with E-state index < -0.39 is 0 Å². The Balaban J connectivity index is 2.16. The van der Waals surface area contributed by atoms with E-state index in [9.17, 15) is 0 Å². The molecule has 0 spiro atoms. The lowest BCUT2D eigenvalue weighted by Gasteiger charge is -2.04. The largest absolute Gasteiger partial charge is 0.240 e. The molecule has 0 aromatic carbocycles. The zero-order valence-corrected chi connectivity index (χ0v) is 6.27. The third-order valence-corrected chi connectivity index (χ3v) is 1.87. The molecule has 3 heteroatoms. The Bertz CT molecular complexity index is 216. The van der Waals surface area contributed by atoms with Crippen LogP contribution < -0.4 is 5.32 Å². The maximum Gasteiger partial charge on any atom is 0.146 e. The van der Waals surface area contributed by atoms with Crippen LogP contribution in [0.4, 0.5) is 0 Å². The van der Waals surface area contributed by atoms with Crippen molar-refractivity contribution in [2.45, 2.75) is 18.9 Å². The first kappa shape index (κ1) is 6.73. The maximum absolute atomic E-state index is 4.38. The molecule has 0 amide bonds. The van der Waals surface area contributed by atoms with Crippen molar-refractivity contribution in [3.8, 4) is 0 Å². The highest BCUT2D eigenvalue weighted by Crippen LogP contribution is 2.20. The lowest BCUT2D eigenvalue weighted by atomic mass is 10.2. The Labute approximate surface area is 65.9 Å². The van der Waals surface area contributed by atoms with Gasteiger partial charge in [-0.2, -0.15) is 0 Å². The van der Waals surface area contributed by atoms with E-state index in [1.807, 2.05) is 6.07 Å². The summed E-state index contributed by atoms with van der Waals surface area (Å²) in [6.45, 7) is 0.975. The highest BCUT2D eigenvalue weighted by molar-refractivity contribution is 4.97. The minimum Gasteiger partial charge on any atom is -0.240 e. The predicted molar refractivity (Wildman–Crippen MR) is 41.0 cm³/mol. The van der Waals surface area contributed by atoms with E-state index in [-0.39, 0.29) is 6.04 Å². The first-order valence-corrected chi connectivity index (χ1v) is 3.90. The van der Waals surface area contributed by atoms with E-state index in [0.717, 1.165) is 18.8 Å². The molecule has 2 heterocycles. The summed E-state index contributed by atoms with van der Waals surface area (Å²) in [5, 5.41) is 4.38. The molecule has 1 unspecified atom stereocenters. The second kappa shape index (κ2) is 2.96. The van der Waals surface area contributed by atoms with Gasteiger partial charge in [-0.25, -0.2) is 15.3 Å². The van der Waals surface area contributed by atoms with Gasteiger partial charge in [-0.1, -0.05) is 0 Å². The molecule has 11 heavy (non-hydrogen) atoms. The maximum atomic E-state index is 4.38. The van der Waals surface area contributed by atoms with Crippen LogP contribution in [0.3, 0.4) is 0 Å². The molecule has 1 aromatic rings. The molecule has 0 bridgehead atoms. The average molecular weight is 148 g/mol. The highest BCUT2D eigenvalue weighted by atomic mass is 15.0. The van der Waals surface area contributed by atoms with Crippen LogP contribution in [0.1, 0.15) is 24.7 Å². The Kier molecular flexibility index (Phi) is 1.81. The van der Waals surface area contributed by atoms with Crippen molar-refractivity contribution in [3.05, 3.63) is 24.3 Å². The highest BCUT2D eigenvalue weighted by Gasteiger charge is 2.19. The molecule has 1 saturated heterocycles. The molecule has 1 radical (unpaired) electrons. The van der Waals surface area contributed by atoms with Crippen molar-refractivity contribution in [3.63, 3.8) is 0 Å². The molecule has 3 nitrogen and oxygen atoms in total. The second-order valence-corrected chi connectivity index (χ2v) is 2.67. The van der Waals surface area contributed by atoms with Crippen LogP contribution in [0.2, 0.25) is 0 Å². The summed E-state index contributed by atoms with van der Waals surface area (Å²) in [6, 6.07) is 2.11. The quantitative estimate of drug-likeness (QED) is 0.594. The first-order valence-electron chi connectivity index (χ1n) is 3.90. The minimum atomic E-state index is 0.274.